The van der Waals surface area contributed by atoms with E-state index >= 15 is 0 Å². The maximum atomic E-state index is 12.2. The molecule has 2 aliphatic heterocycles. The van der Waals surface area contributed by atoms with E-state index in [1.165, 1.54) is 0 Å². The predicted octanol–water partition coefficient (Wildman–Crippen LogP) is 0.893. The van der Waals surface area contributed by atoms with Gasteiger partial charge in [-0.05, 0) is 23.2 Å². The molecular formula is C13H14BClO5. The van der Waals surface area contributed by atoms with Crippen LogP contribution in [0.1, 0.15) is 28.8 Å². The number of esters is 1. The lowest BCUT2D eigenvalue weighted by Crippen LogP contribution is -2.30. The van der Waals surface area contributed by atoms with Crippen LogP contribution >= 0.6 is 11.6 Å². The third kappa shape index (κ3) is 2.69. The largest absolute Gasteiger partial charge is 0.491 e. The molecule has 0 aromatic heterocycles. The van der Waals surface area contributed by atoms with Gasteiger partial charge in [-0.15, -0.1) is 0 Å². The monoisotopic (exact) mass is 296 g/mol. The van der Waals surface area contributed by atoms with Crippen LogP contribution in [0.3, 0.4) is 0 Å². The average molecular weight is 297 g/mol. The van der Waals surface area contributed by atoms with Crippen molar-refractivity contribution in [1.29, 1.82) is 0 Å². The van der Waals surface area contributed by atoms with E-state index in [4.69, 9.17) is 25.7 Å². The highest BCUT2D eigenvalue weighted by molar-refractivity contribution is 6.61. The van der Waals surface area contributed by atoms with E-state index in [2.05, 4.69) is 0 Å². The Morgan fingerprint density at radius 3 is 2.90 bits per heavy atom. The lowest BCUT2D eigenvalue weighted by Gasteiger charge is -2.22. The number of fused-ring (bicyclic) bond motifs is 1. The Labute approximate surface area is 121 Å². The minimum absolute atomic E-state index is 0.137. The standard InChI is InChI=1S/C13H14BClO5/c15-12-5-8-7-19-14(17)11(8)6-10(12)13(16)20-9-1-3-18-4-2-9/h5-6,9,17H,1-4,7H2. The van der Waals surface area contributed by atoms with E-state index in [0.29, 0.717) is 43.1 Å². The molecule has 1 N–H and O–H groups in total. The lowest BCUT2D eigenvalue weighted by atomic mass is 9.79. The molecule has 0 spiro atoms. The Morgan fingerprint density at radius 2 is 2.15 bits per heavy atom. The first-order valence-electron chi connectivity index (χ1n) is 6.56. The molecule has 106 valence electrons. The first-order chi connectivity index (χ1) is 9.65. The highest BCUT2D eigenvalue weighted by atomic mass is 35.5. The molecule has 7 heteroatoms. The summed E-state index contributed by atoms with van der Waals surface area (Å²) in [6, 6.07) is 3.20. The van der Waals surface area contributed by atoms with Crippen molar-refractivity contribution >= 4 is 30.2 Å². The first-order valence-corrected chi connectivity index (χ1v) is 6.93. The second kappa shape index (κ2) is 5.73. The zero-order valence-corrected chi connectivity index (χ0v) is 11.6. The average Bonchev–Trinajstić information content (AvgIpc) is 2.79. The summed E-state index contributed by atoms with van der Waals surface area (Å²) in [5.74, 6) is -0.469. The summed E-state index contributed by atoms with van der Waals surface area (Å²) in [4.78, 5) is 12.2. The summed E-state index contributed by atoms with van der Waals surface area (Å²) in [5.41, 5.74) is 1.64. The highest BCUT2D eigenvalue weighted by Gasteiger charge is 2.30. The van der Waals surface area contributed by atoms with Crippen LogP contribution in [0.15, 0.2) is 12.1 Å². The van der Waals surface area contributed by atoms with Gasteiger partial charge in [-0.3, -0.25) is 0 Å². The summed E-state index contributed by atoms with van der Waals surface area (Å²) in [6.45, 7) is 1.50. The summed E-state index contributed by atoms with van der Waals surface area (Å²) in [5, 5.41) is 9.98. The van der Waals surface area contributed by atoms with Gasteiger partial charge in [0, 0.05) is 12.8 Å². The number of ether oxygens (including phenoxy) is 2. The second-order valence-electron chi connectivity index (χ2n) is 4.91. The number of carbonyl (C=O) groups is 1. The highest BCUT2D eigenvalue weighted by Crippen LogP contribution is 2.23. The Bertz CT molecular complexity index is 530. The summed E-state index contributed by atoms with van der Waals surface area (Å²) in [6.07, 6.45) is 1.25. The lowest BCUT2D eigenvalue weighted by molar-refractivity contribution is -0.0159. The molecule has 2 heterocycles. The normalized spacial score (nSPS) is 19.0. The Hall–Kier alpha value is -1.08. The van der Waals surface area contributed by atoms with Crippen molar-refractivity contribution in [3.05, 3.63) is 28.3 Å². The molecule has 0 bridgehead atoms. The Kier molecular flexibility index (Phi) is 3.98. The quantitative estimate of drug-likeness (QED) is 0.649. The van der Waals surface area contributed by atoms with Crippen molar-refractivity contribution in [2.24, 2.45) is 0 Å². The molecule has 0 amide bonds. The fourth-order valence-corrected chi connectivity index (χ4v) is 2.67. The van der Waals surface area contributed by atoms with Crippen LogP contribution in [-0.2, 0) is 20.7 Å². The minimum Gasteiger partial charge on any atom is -0.459 e. The molecule has 3 rings (SSSR count). The number of hydrogen-bond donors (Lipinski definition) is 1. The minimum atomic E-state index is -1.00. The molecule has 1 saturated heterocycles. The van der Waals surface area contributed by atoms with Crippen LogP contribution in [0.4, 0.5) is 0 Å². The van der Waals surface area contributed by atoms with E-state index in [1.54, 1.807) is 12.1 Å². The predicted molar refractivity (Wildman–Crippen MR) is 73.1 cm³/mol. The van der Waals surface area contributed by atoms with E-state index in [1.807, 2.05) is 0 Å². The third-order valence-electron chi connectivity index (χ3n) is 3.55. The molecule has 2 aliphatic rings. The van der Waals surface area contributed by atoms with Gasteiger partial charge >= 0.3 is 13.1 Å². The molecule has 5 nitrogen and oxygen atoms in total. The van der Waals surface area contributed by atoms with E-state index in [0.717, 1.165) is 5.56 Å². The zero-order valence-electron chi connectivity index (χ0n) is 10.8. The van der Waals surface area contributed by atoms with Crippen LogP contribution in [0, 0.1) is 0 Å². The first kappa shape index (κ1) is 13.9. The molecule has 1 aromatic carbocycles. The van der Waals surface area contributed by atoms with Crippen LogP contribution < -0.4 is 5.46 Å². The van der Waals surface area contributed by atoms with Crippen molar-refractivity contribution in [3.63, 3.8) is 0 Å². The maximum absolute atomic E-state index is 12.2. The van der Waals surface area contributed by atoms with Crippen molar-refractivity contribution in [2.45, 2.75) is 25.6 Å². The number of rotatable bonds is 2. The summed E-state index contributed by atoms with van der Waals surface area (Å²) in [7, 11) is -1.00. The van der Waals surface area contributed by atoms with Crippen LogP contribution in [0.2, 0.25) is 5.02 Å². The van der Waals surface area contributed by atoms with Gasteiger partial charge in [0.2, 0.25) is 0 Å². The number of halogens is 1. The van der Waals surface area contributed by atoms with Crippen molar-refractivity contribution in [2.75, 3.05) is 13.2 Å². The summed E-state index contributed by atoms with van der Waals surface area (Å²) >= 11 is 6.11. The van der Waals surface area contributed by atoms with E-state index in [9.17, 15) is 9.82 Å². The molecule has 20 heavy (non-hydrogen) atoms. The Morgan fingerprint density at radius 1 is 1.40 bits per heavy atom. The maximum Gasteiger partial charge on any atom is 0.491 e. The SMILES string of the molecule is O=C(OC1CCOCC1)c1cc2c(cc1Cl)COB2O. The fourth-order valence-electron chi connectivity index (χ4n) is 2.41. The van der Waals surface area contributed by atoms with Gasteiger partial charge in [-0.25, -0.2) is 4.79 Å². The van der Waals surface area contributed by atoms with Crippen LogP contribution in [-0.4, -0.2) is 37.4 Å². The molecule has 0 atom stereocenters. The second-order valence-corrected chi connectivity index (χ2v) is 5.32. The van der Waals surface area contributed by atoms with Crippen molar-refractivity contribution < 1.29 is 23.9 Å². The fraction of sp³-hybridized carbons (Fsp3) is 0.462. The topological polar surface area (TPSA) is 65.0 Å². The van der Waals surface area contributed by atoms with Gasteiger partial charge in [-0.2, -0.15) is 0 Å². The van der Waals surface area contributed by atoms with Crippen LogP contribution in [0.25, 0.3) is 0 Å². The number of benzene rings is 1. The third-order valence-corrected chi connectivity index (χ3v) is 3.87. The number of hydrogen-bond acceptors (Lipinski definition) is 5. The van der Waals surface area contributed by atoms with Gasteiger partial charge < -0.3 is 19.2 Å². The molecule has 0 aliphatic carbocycles. The van der Waals surface area contributed by atoms with Gasteiger partial charge in [0.25, 0.3) is 0 Å². The van der Waals surface area contributed by atoms with Crippen molar-refractivity contribution in [1.82, 2.24) is 0 Å². The molecule has 1 aromatic rings. The van der Waals surface area contributed by atoms with Gasteiger partial charge in [0.05, 0.1) is 30.4 Å². The van der Waals surface area contributed by atoms with E-state index < -0.39 is 13.1 Å². The van der Waals surface area contributed by atoms with Gasteiger partial charge in [0.15, 0.2) is 0 Å². The van der Waals surface area contributed by atoms with Gasteiger partial charge in [-0.1, -0.05) is 11.6 Å². The van der Waals surface area contributed by atoms with E-state index in [-0.39, 0.29) is 11.7 Å². The summed E-state index contributed by atoms with van der Waals surface area (Å²) < 4.78 is 15.7. The molecule has 0 unspecified atom stereocenters. The molecule has 0 saturated carbocycles. The molecule has 0 radical (unpaired) electrons. The van der Waals surface area contributed by atoms with Crippen LogP contribution in [0.5, 0.6) is 0 Å². The van der Waals surface area contributed by atoms with Crippen molar-refractivity contribution in [3.8, 4) is 0 Å². The zero-order chi connectivity index (χ0) is 14.1. The molecular weight excluding hydrogens is 282 g/mol. The molecule has 1 fully saturated rings. The van der Waals surface area contributed by atoms with Gasteiger partial charge in [0.1, 0.15) is 6.10 Å². The smallest absolute Gasteiger partial charge is 0.459 e. The number of carbonyl (C=O) groups excluding carboxylic acids is 1. The Balaban J connectivity index is 1.79.